The van der Waals surface area contributed by atoms with E-state index >= 15 is 0 Å². The Balaban J connectivity index is 2.36. The van der Waals surface area contributed by atoms with Crippen molar-refractivity contribution in [3.63, 3.8) is 0 Å². The maximum absolute atomic E-state index is 8.55. The summed E-state index contributed by atoms with van der Waals surface area (Å²) in [5.41, 5.74) is 0. The molecule has 12 heavy (non-hydrogen) atoms. The van der Waals surface area contributed by atoms with Gasteiger partial charge in [0.1, 0.15) is 5.38 Å². The van der Waals surface area contributed by atoms with Crippen LogP contribution in [-0.4, -0.2) is 29.4 Å². The van der Waals surface area contributed by atoms with Crippen molar-refractivity contribution in [3.05, 3.63) is 0 Å². The van der Waals surface area contributed by atoms with Crippen molar-refractivity contribution in [1.29, 1.82) is 5.26 Å². The van der Waals surface area contributed by atoms with Crippen molar-refractivity contribution < 1.29 is 0 Å². The number of nitrogens with zero attached hydrogens (tertiary/aromatic N) is 2. The smallest absolute Gasteiger partial charge is 0.133 e. The highest BCUT2D eigenvalue weighted by Crippen LogP contribution is 2.20. The number of rotatable bonds is 3. The van der Waals surface area contributed by atoms with Crippen molar-refractivity contribution in [2.24, 2.45) is 0 Å². The first-order valence-corrected chi connectivity index (χ1v) is 4.99. The van der Waals surface area contributed by atoms with E-state index < -0.39 is 0 Å². The Morgan fingerprint density at radius 3 is 3.08 bits per heavy atom. The van der Waals surface area contributed by atoms with Crippen molar-refractivity contribution in [1.82, 2.24) is 4.90 Å². The van der Waals surface area contributed by atoms with E-state index in [9.17, 15) is 0 Å². The molecule has 0 bridgehead atoms. The highest BCUT2D eigenvalue weighted by atomic mass is 35.5. The second kappa shape index (κ2) is 4.69. The summed E-state index contributed by atoms with van der Waals surface area (Å²) in [6, 6.07) is 2.73. The third-order valence-electron chi connectivity index (χ3n) is 2.51. The number of hydrogen-bond donors (Lipinski definition) is 0. The number of hydrogen-bond acceptors (Lipinski definition) is 2. The van der Waals surface area contributed by atoms with Gasteiger partial charge < -0.3 is 0 Å². The number of halogens is 1. The van der Waals surface area contributed by atoms with Crippen LogP contribution in [0.2, 0.25) is 0 Å². The summed E-state index contributed by atoms with van der Waals surface area (Å²) in [5, 5.41) is 8.21. The monoisotopic (exact) mass is 186 g/mol. The molecule has 0 spiro atoms. The van der Waals surface area contributed by atoms with Crippen LogP contribution in [-0.2, 0) is 0 Å². The zero-order valence-electron chi connectivity index (χ0n) is 7.46. The molecule has 0 N–H and O–H groups in total. The number of alkyl halides is 1. The van der Waals surface area contributed by atoms with Crippen molar-refractivity contribution in [3.8, 4) is 6.07 Å². The average molecular weight is 187 g/mol. The molecule has 3 heteroatoms. The molecule has 0 amide bonds. The Morgan fingerprint density at radius 1 is 1.75 bits per heavy atom. The molecular formula is C9H15ClN2. The molecule has 1 rings (SSSR count). The lowest BCUT2D eigenvalue weighted by Gasteiger charge is -2.23. The first-order valence-electron chi connectivity index (χ1n) is 4.55. The Kier molecular flexibility index (Phi) is 3.84. The number of nitriles is 1. The van der Waals surface area contributed by atoms with Crippen LogP contribution in [0.5, 0.6) is 0 Å². The Labute approximate surface area is 79.1 Å². The van der Waals surface area contributed by atoms with Gasteiger partial charge in [0.25, 0.3) is 0 Å². The van der Waals surface area contributed by atoms with Crippen LogP contribution in [0.1, 0.15) is 26.2 Å². The lowest BCUT2D eigenvalue weighted by Crippen LogP contribution is -2.33. The normalized spacial score (nSPS) is 26.9. The molecule has 0 saturated carbocycles. The molecule has 2 atom stereocenters. The quantitative estimate of drug-likeness (QED) is 0.631. The van der Waals surface area contributed by atoms with Crippen LogP contribution in [0.4, 0.5) is 0 Å². The predicted octanol–water partition coefficient (Wildman–Crippen LogP) is 1.99. The first-order chi connectivity index (χ1) is 5.77. The Morgan fingerprint density at radius 2 is 2.50 bits per heavy atom. The fourth-order valence-electron chi connectivity index (χ4n) is 1.84. The molecule has 0 aromatic heterocycles. The average Bonchev–Trinajstić information content (AvgIpc) is 2.51. The van der Waals surface area contributed by atoms with Crippen molar-refractivity contribution >= 4 is 11.6 Å². The maximum Gasteiger partial charge on any atom is 0.133 e. The van der Waals surface area contributed by atoms with Gasteiger partial charge in [-0.1, -0.05) is 6.92 Å². The van der Waals surface area contributed by atoms with E-state index in [-0.39, 0.29) is 5.38 Å². The third-order valence-corrected chi connectivity index (χ3v) is 2.74. The van der Waals surface area contributed by atoms with E-state index in [1.807, 2.05) is 0 Å². The van der Waals surface area contributed by atoms with Gasteiger partial charge in [0.2, 0.25) is 0 Å². The summed E-state index contributed by atoms with van der Waals surface area (Å²) in [4.78, 5) is 2.33. The molecule has 2 nitrogen and oxygen atoms in total. The van der Waals surface area contributed by atoms with Crippen LogP contribution in [0.15, 0.2) is 0 Å². The SMILES string of the molecule is CCC1CCCN1CC(Cl)C#N. The van der Waals surface area contributed by atoms with Crippen LogP contribution >= 0.6 is 11.6 Å². The van der Waals surface area contributed by atoms with Crippen LogP contribution in [0, 0.1) is 11.3 Å². The Hall–Kier alpha value is -0.260. The van der Waals surface area contributed by atoms with Crippen molar-refractivity contribution in [2.75, 3.05) is 13.1 Å². The van der Waals surface area contributed by atoms with Crippen LogP contribution < -0.4 is 0 Å². The van der Waals surface area contributed by atoms with Gasteiger partial charge in [-0.05, 0) is 25.8 Å². The maximum atomic E-state index is 8.55. The topological polar surface area (TPSA) is 27.0 Å². The molecule has 0 aromatic rings. The van der Waals surface area contributed by atoms with E-state index in [0.717, 1.165) is 13.1 Å². The molecule has 0 aliphatic carbocycles. The summed E-state index contributed by atoms with van der Waals surface area (Å²) >= 11 is 5.76. The van der Waals surface area contributed by atoms with Gasteiger partial charge in [-0.3, -0.25) is 4.90 Å². The molecular weight excluding hydrogens is 172 g/mol. The highest BCUT2D eigenvalue weighted by molar-refractivity contribution is 6.22. The fraction of sp³-hybridized carbons (Fsp3) is 0.889. The van der Waals surface area contributed by atoms with Gasteiger partial charge in [0.05, 0.1) is 6.07 Å². The summed E-state index contributed by atoms with van der Waals surface area (Å²) in [6.07, 6.45) is 3.70. The van der Waals surface area contributed by atoms with Crippen LogP contribution in [0.25, 0.3) is 0 Å². The lowest BCUT2D eigenvalue weighted by atomic mass is 10.2. The predicted molar refractivity (Wildman–Crippen MR) is 50.1 cm³/mol. The Bertz CT molecular complexity index is 176. The van der Waals surface area contributed by atoms with Gasteiger partial charge in [-0.15, -0.1) is 11.6 Å². The molecule has 1 aliphatic rings. The van der Waals surface area contributed by atoms with E-state index in [2.05, 4.69) is 17.9 Å². The molecule has 0 radical (unpaired) electrons. The number of likely N-dealkylation sites (tertiary alicyclic amines) is 1. The standard InChI is InChI=1S/C9H15ClN2/c1-2-9-4-3-5-12(9)7-8(10)6-11/h8-9H,2-5,7H2,1H3. The highest BCUT2D eigenvalue weighted by Gasteiger charge is 2.24. The van der Waals surface area contributed by atoms with Gasteiger partial charge in [-0.2, -0.15) is 5.26 Å². The second-order valence-corrected chi connectivity index (χ2v) is 3.82. The molecule has 1 saturated heterocycles. The first kappa shape index (κ1) is 9.83. The third kappa shape index (κ3) is 2.36. The zero-order chi connectivity index (χ0) is 8.97. The van der Waals surface area contributed by atoms with E-state index in [4.69, 9.17) is 16.9 Å². The second-order valence-electron chi connectivity index (χ2n) is 3.30. The molecule has 1 heterocycles. The minimum atomic E-state index is -0.336. The molecule has 1 fully saturated rings. The fourth-order valence-corrected chi connectivity index (χ4v) is 2.02. The van der Waals surface area contributed by atoms with Gasteiger partial charge in [0.15, 0.2) is 0 Å². The molecule has 68 valence electrons. The summed E-state index contributed by atoms with van der Waals surface area (Å²) in [6.45, 7) is 4.04. The largest absolute Gasteiger partial charge is 0.298 e. The van der Waals surface area contributed by atoms with Gasteiger partial charge in [-0.25, -0.2) is 0 Å². The zero-order valence-corrected chi connectivity index (χ0v) is 8.22. The van der Waals surface area contributed by atoms with E-state index in [0.29, 0.717) is 6.04 Å². The summed E-state index contributed by atoms with van der Waals surface area (Å²) < 4.78 is 0. The van der Waals surface area contributed by atoms with Crippen LogP contribution in [0.3, 0.4) is 0 Å². The minimum absolute atomic E-state index is 0.336. The van der Waals surface area contributed by atoms with Gasteiger partial charge >= 0.3 is 0 Å². The van der Waals surface area contributed by atoms with E-state index in [1.165, 1.54) is 19.3 Å². The lowest BCUT2D eigenvalue weighted by molar-refractivity contribution is 0.255. The summed E-state index contributed by atoms with van der Waals surface area (Å²) in [5.74, 6) is 0. The molecule has 0 aromatic carbocycles. The van der Waals surface area contributed by atoms with Gasteiger partial charge in [0, 0.05) is 12.6 Å². The minimum Gasteiger partial charge on any atom is -0.298 e. The van der Waals surface area contributed by atoms with E-state index in [1.54, 1.807) is 0 Å². The van der Waals surface area contributed by atoms with Crippen molar-refractivity contribution in [2.45, 2.75) is 37.6 Å². The molecule has 2 unspecified atom stereocenters. The summed E-state index contributed by atoms with van der Waals surface area (Å²) in [7, 11) is 0. The molecule has 1 aliphatic heterocycles.